The standard InChI is InChI=1S/C80H156O17P2/c1-7-9-11-13-15-17-19-21-22-26-29-33-39-45-51-57-63-78(83)91-68-75(96-79(84)64-58-52-46-40-34-30-27-24-23-25-28-31-36-42-48-54-60-72(3)4)70-94-98(86,87)92-66-74(81)67-93-99(88,89)95-71-76(97-80(85)65-59-53-47-41-35-37-43-49-55-61-73(5)6)69-90-77(82)62-56-50-44-38-32-20-18-16-14-12-10-8-2/h72-76,81H,7-71H2,1-6H3,(H,86,87)(H,88,89)/t74-,75-,76-/m1/s1. The van der Waals surface area contributed by atoms with Gasteiger partial charge in [0, 0.05) is 25.7 Å². The lowest BCUT2D eigenvalue weighted by atomic mass is 10.0. The number of ether oxygens (including phenoxy) is 4. The number of esters is 4. The van der Waals surface area contributed by atoms with Crippen LogP contribution in [-0.2, 0) is 65.4 Å². The number of carbonyl (C=O) groups excluding carboxylic acids is 4. The average molecular weight is 1450 g/mol. The van der Waals surface area contributed by atoms with E-state index in [1.807, 2.05) is 0 Å². The summed E-state index contributed by atoms with van der Waals surface area (Å²) in [5.74, 6) is -0.563. The summed E-state index contributed by atoms with van der Waals surface area (Å²) in [5.41, 5.74) is 0. The number of rotatable bonds is 79. The first-order valence-corrected chi connectivity index (χ1v) is 44.5. The van der Waals surface area contributed by atoms with Crippen LogP contribution in [0.2, 0.25) is 0 Å². The van der Waals surface area contributed by atoms with Crippen LogP contribution in [-0.4, -0.2) is 96.7 Å². The molecular formula is C80H156O17P2. The molecule has 2 unspecified atom stereocenters. The topological polar surface area (TPSA) is 237 Å². The van der Waals surface area contributed by atoms with Crippen LogP contribution in [0.1, 0.15) is 420 Å². The van der Waals surface area contributed by atoms with Gasteiger partial charge in [-0.3, -0.25) is 37.3 Å². The lowest BCUT2D eigenvalue weighted by Crippen LogP contribution is -2.30. The van der Waals surface area contributed by atoms with Crippen molar-refractivity contribution in [1.82, 2.24) is 0 Å². The van der Waals surface area contributed by atoms with Gasteiger partial charge in [0.25, 0.3) is 0 Å². The summed E-state index contributed by atoms with van der Waals surface area (Å²) < 4.78 is 68.7. The maximum atomic E-state index is 13.1. The molecule has 0 aromatic carbocycles. The van der Waals surface area contributed by atoms with Crippen LogP contribution in [0.5, 0.6) is 0 Å². The number of phosphoric acid groups is 2. The molecule has 0 rings (SSSR count). The zero-order valence-electron chi connectivity index (χ0n) is 64.8. The van der Waals surface area contributed by atoms with Crippen molar-refractivity contribution in [3.8, 4) is 0 Å². The van der Waals surface area contributed by atoms with E-state index in [-0.39, 0.29) is 25.7 Å². The fraction of sp³-hybridized carbons (Fsp3) is 0.950. The maximum absolute atomic E-state index is 13.1. The molecule has 0 aliphatic rings. The van der Waals surface area contributed by atoms with Gasteiger partial charge in [-0.1, -0.05) is 369 Å². The van der Waals surface area contributed by atoms with Crippen LogP contribution in [0.15, 0.2) is 0 Å². The molecule has 99 heavy (non-hydrogen) atoms. The summed E-state index contributed by atoms with van der Waals surface area (Å²) in [5, 5.41) is 10.6. The lowest BCUT2D eigenvalue weighted by Gasteiger charge is -2.21. The number of carbonyl (C=O) groups is 4. The SMILES string of the molecule is CCCCCCCCCCCCCCCCCCC(=O)OC[C@H](COP(=O)(O)OC[C@@H](O)COP(=O)(O)OC[C@@H](COC(=O)CCCCCCCCCCCCCC)OC(=O)CCCCCCCCCCCC(C)C)OC(=O)CCCCCCCCCCCCCCCCCCC(C)C. The smallest absolute Gasteiger partial charge is 0.462 e. The number of hydrogen-bond acceptors (Lipinski definition) is 15. The zero-order valence-corrected chi connectivity index (χ0v) is 66.6. The summed E-state index contributed by atoms with van der Waals surface area (Å²) in [6, 6.07) is 0. The van der Waals surface area contributed by atoms with Gasteiger partial charge in [0.2, 0.25) is 0 Å². The molecular weight excluding hydrogens is 1290 g/mol. The van der Waals surface area contributed by atoms with E-state index in [2.05, 4.69) is 41.5 Å². The number of aliphatic hydroxyl groups excluding tert-OH is 1. The Labute approximate surface area is 607 Å². The van der Waals surface area contributed by atoms with Crippen LogP contribution < -0.4 is 0 Å². The average Bonchev–Trinajstić information content (AvgIpc) is 1.10. The van der Waals surface area contributed by atoms with E-state index in [4.69, 9.17) is 37.0 Å². The number of unbranched alkanes of at least 4 members (excludes halogenated alkanes) is 49. The van der Waals surface area contributed by atoms with E-state index in [9.17, 15) is 43.2 Å². The van der Waals surface area contributed by atoms with E-state index in [1.165, 1.54) is 238 Å². The molecule has 0 bridgehead atoms. The highest BCUT2D eigenvalue weighted by atomic mass is 31.2. The van der Waals surface area contributed by atoms with Crippen molar-refractivity contribution >= 4 is 39.5 Å². The fourth-order valence-corrected chi connectivity index (χ4v) is 13.9. The molecule has 0 saturated carbocycles. The molecule has 19 heteroatoms. The third kappa shape index (κ3) is 74.1. The van der Waals surface area contributed by atoms with E-state index in [0.29, 0.717) is 25.7 Å². The first kappa shape index (κ1) is 97.1. The molecule has 0 aromatic heterocycles. The van der Waals surface area contributed by atoms with Crippen molar-refractivity contribution in [2.75, 3.05) is 39.6 Å². The summed E-state index contributed by atoms with van der Waals surface area (Å²) in [6.45, 7) is 9.64. The third-order valence-electron chi connectivity index (χ3n) is 18.7. The van der Waals surface area contributed by atoms with Crippen molar-refractivity contribution in [3.63, 3.8) is 0 Å². The molecule has 0 heterocycles. The van der Waals surface area contributed by atoms with E-state index in [1.54, 1.807) is 0 Å². The highest BCUT2D eigenvalue weighted by Gasteiger charge is 2.30. The first-order chi connectivity index (χ1) is 47.9. The van der Waals surface area contributed by atoms with E-state index >= 15 is 0 Å². The Bertz CT molecular complexity index is 1910. The van der Waals surface area contributed by atoms with Crippen molar-refractivity contribution in [2.24, 2.45) is 11.8 Å². The Kier molecular flexibility index (Phi) is 70.3. The minimum atomic E-state index is -4.96. The minimum absolute atomic E-state index is 0.106. The monoisotopic (exact) mass is 1450 g/mol. The molecule has 0 fully saturated rings. The van der Waals surface area contributed by atoms with Crippen molar-refractivity contribution in [2.45, 2.75) is 439 Å². The molecule has 5 atom stereocenters. The van der Waals surface area contributed by atoms with Gasteiger partial charge in [-0.2, -0.15) is 0 Å². The second-order valence-electron chi connectivity index (χ2n) is 29.8. The van der Waals surface area contributed by atoms with Crippen molar-refractivity contribution < 1.29 is 80.2 Å². The highest BCUT2D eigenvalue weighted by molar-refractivity contribution is 7.47. The normalized spacial score (nSPS) is 13.9. The predicted octanol–water partition coefficient (Wildman–Crippen LogP) is 23.9. The summed E-state index contributed by atoms with van der Waals surface area (Å²) in [6.07, 6.45) is 61.0. The van der Waals surface area contributed by atoms with Gasteiger partial charge >= 0.3 is 39.5 Å². The van der Waals surface area contributed by atoms with Gasteiger partial charge in [-0.05, 0) is 37.5 Å². The Morgan fingerprint density at radius 2 is 0.465 bits per heavy atom. The zero-order chi connectivity index (χ0) is 72.8. The van der Waals surface area contributed by atoms with Crippen molar-refractivity contribution in [3.05, 3.63) is 0 Å². The molecule has 3 N–H and O–H groups in total. The lowest BCUT2D eigenvalue weighted by molar-refractivity contribution is -0.161. The van der Waals surface area contributed by atoms with Crippen molar-refractivity contribution in [1.29, 1.82) is 0 Å². The Morgan fingerprint density at radius 1 is 0.273 bits per heavy atom. The van der Waals surface area contributed by atoms with Gasteiger partial charge in [-0.15, -0.1) is 0 Å². The van der Waals surface area contributed by atoms with Crippen LogP contribution >= 0.6 is 15.6 Å². The van der Waals surface area contributed by atoms with E-state index in [0.717, 1.165) is 102 Å². The Hall–Kier alpha value is -1.94. The molecule has 0 amide bonds. The number of hydrogen-bond donors (Lipinski definition) is 3. The molecule has 0 saturated heterocycles. The maximum Gasteiger partial charge on any atom is 0.472 e. The molecule has 17 nitrogen and oxygen atoms in total. The van der Waals surface area contributed by atoms with Gasteiger partial charge in [0.1, 0.15) is 19.3 Å². The van der Waals surface area contributed by atoms with Gasteiger partial charge < -0.3 is 33.8 Å². The highest BCUT2D eigenvalue weighted by Crippen LogP contribution is 2.45. The molecule has 0 spiro atoms. The van der Waals surface area contributed by atoms with Gasteiger partial charge in [-0.25, -0.2) is 9.13 Å². The van der Waals surface area contributed by atoms with Crippen LogP contribution in [0.3, 0.4) is 0 Å². The third-order valence-corrected chi connectivity index (χ3v) is 20.6. The van der Waals surface area contributed by atoms with Gasteiger partial charge in [0.05, 0.1) is 26.4 Å². The summed E-state index contributed by atoms with van der Waals surface area (Å²) in [7, 11) is -9.92. The second kappa shape index (κ2) is 71.7. The van der Waals surface area contributed by atoms with E-state index < -0.39 is 97.5 Å². The van der Waals surface area contributed by atoms with Gasteiger partial charge in [0.15, 0.2) is 12.2 Å². The second-order valence-corrected chi connectivity index (χ2v) is 32.7. The predicted molar refractivity (Wildman–Crippen MR) is 405 cm³/mol. The molecule has 0 aromatic rings. The number of aliphatic hydroxyl groups is 1. The van der Waals surface area contributed by atoms with Crippen LogP contribution in [0, 0.1) is 11.8 Å². The molecule has 0 aliphatic heterocycles. The summed E-state index contributed by atoms with van der Waals surface area (Å²) >= 11 is 0. The van der Waals surface area contributed by atoms with Crippen LogP contribution in [0.4, 0.5) is 0 Å². The van der Waals surface area contributed by atoms with Crippen LogP contribution in [0.25, 0.3) is 0 Å². The quantitative estimate of drug-likeness (QED) is 0.0222. The fourth-order valence-electron chi connectivity index (χ4n) is 12.4. The first-order valence-electron chi connectivity index (χ1n) is 41.5. The summed E-state index contributed by atoms with van der Waals surface area (Å²) in [4.78, 5) is 73.0. The Morgan fingerprint density at radius 3 is 0.687 bits per heavy atom. The minimum Gasteiger partial charge on any atom is -0.462 e. The Balaban J connectivity index is 5.24. The largest absolute Gasteiger partial charge is 0.472 e. The molecule has 0 radical (unpaired) electrons. The number of phosphoric ester groups is 2. The molecule has 0 aliphatic carbocycles. The molecule has 588 valence electrons.